The van der Waals surface area contributed by atoms with Crippen LogP contribution in [0.2, 0.25) is 0 Å². The van der Waals surface area contributed by atoms with Crippen LogP contribution in [0.5, 0.6) is 0 Å². The van der Waals surface area contributed by atoms with E-state index >= 15 is 0 Å². The molecule has 0 rings (SSSR count). The van der Waals surface area contributed by atoms with Gasteiger partial charge in [0, 0.05) is 13.0 Å². The smallest absolute Gasteiger partial charge is 0.305 e. The molecule has 9 heteroatoms. The van der Waals surface area contributed by atoms with Gasteiger partial charge in [-0.2, -0.15) is 0 Å². The van der Waals surface area contributed by atoms with Crippen LogP contribution < -0.4 is 0 Å². The summed E-state index contributed by atoms with van der Waals surface area (Å²) in [5, 5.41) is 0. The fourth-order valence-corrected chi connectivity index (χ4v) is 2.43. The van der Waals surface area contributed by atoms with E-state index in [1.54, 1.807) is 0 Å². The van der Waals surface area contributed by atoms with Crippen LogP contribution in [-0.4, -0.2) is 117 Å². The second-order valence-electron chi connectivity index (χ2n) is 7.51. The number of hydrogen-bond acceptors (Lipinski definition) is 9. The van der Waals surface area contributed by atoms with Gasteiger partial charge in [0.05, 0.1) is 79.3 Å². The minimum atomic E-state index is -0.143. The molecule has 0 aromatic heterocycles. The van der Waals surface area contributed by atoms with Gasteiger partial charge >= 0.3 is 5.97 Å². The average molecular weight is 466 g/mol. The molecule has 0 aliphatic rings. The van der Waals surface area contributed by atoms with Gasteiger partial charge in [0.25, 0.3) is 0 Å². The molecule has 0 aromatic rings. The van der Waals surface area contributed by atoms with Crippen molar-refractivity contribution in [1.29, 1.82) is 0 Å². The number of likely N-dealkylation sites (N-methyl/N-ethyl adjacent to an activating group) is 1. The Bertz CT molecular complexity index is 385. The molecule has 9 nitrogen and oxygen atoms in total. The maximum absolute atomic E-state index is 11.5. The Labute approximate surface area is 194 Å². The van der Waals surface area contributed by atoms with Gasteiger partial charge in [-0.15, -0.1) is 0 Å². The summed E-state index contributed by atoms with van der Waals surface area (Å²) in [4.78, 5) is 13.6. The normalized spacial score (nSPS) is 11.4. The molecule has 192 valence electrons. The molecule has 0 unspecified atom stereocenters. The fourth-order valence-electron chi connectivity index (χ4n) is 2.43. The number of rotatable bonds is 26. The number of carbonyl (C=O) groups excluding carboxylic acids is 1. The van der Waals surface area contributed by atoms with Crippen LogP contribution in [0, 0.1) is 0 Å². The molecule has 0 fully saturated rings. The van der Waals surface area contributed by atoms with Crippen molar-refractivity contribution in [3.8, 4) is 0 Å². The highest BCUT2D eigenvalue weighted by molar-refractivity contribution is 5.69. The van der Waals surface area contributed by atoms with Crippen LogP contribution in [0.25, 0.3) is 0 Å². The van der Waals surface area contributed by atoms with Crippen molar-refractivity contribution in [1.82, 2.24) is 4.90 Å². The lowest BCUT2D eigenvalue weighted by Crippen LogP contribution is -2.19. The van der Waals surface area contributed by atoms with Crippen LogP contribution in [0.15, 0.2) is 0 Å². The zero-order chi connectivity index (χ0) is 23.5. The first-order valence-corrected chi connectivity index (χ1v) is 11.9. The Morgan fingerprint density at radius 3 is 1.38 bits per heavy atom. The Morgan fingerprint density at radius 2 is 0.969 bits per heavy atom. The van der Waals surface area contributed by atoms with E-state index in [1.807, 2.05) is 14.1 Å². The molecule has 32 heavy (non-hydrogen) atoms. The number of carbonyl (C=O) groups is 1. The molecule has 0 saturated carbocycles. The lowest BCUT2D eigenvalue weighted by atomic mass is 10.2. The Kier molecular flexibility index (Phi) is 25.8. The van der Waals surface area contributed by atoms with E-state index in [2.05, 4.69) is 11.8 Å². The molecule has 0 aliphatic heterocycles. The van der Waals surface area contributed by atoms with Crippen LogP contribution >= 0.6 is 0 Å². The van der Waals surface area contributed by atoms with Gasteiger partial charge in [0.1, 0.15) is 6.61 Å². The van der Waals surface area contributed by atoms with Gasteiger partial charge in [0.15, 0.2) is 0 Å². The Hall–Kier alpha value is -0.810. The van der Waals surface area contributed by atoms with Crippen LogP contribution in [0.1, 0.15) is 39.0 Å². The summed E-state index contributed by atoms with van der Waals surface area (Å²) in [5.74, 6) is -0.143. The van der Waals surface area contributed by atoms with Crippen molar-refractivity contribution >= 4 is 5.97 Å². The predicted octanol–water partition coefficient (Wildman–Crippen LogP) is 2.16. The monoisotopic (exact) mass is 465 g/mol. The Balaban J connectivity index is 3.08. The van der Waals surface area contributed by atoms with E-state index < -0.39 is 0 Å². The zero-order valence-corrected chi connectivity index (χ0v) is 20.6. The van der Waals surface area contributed by atoms with Crippen molar-refractivity contribution in [2.75, 3.05) is 107 Å². The third-order valence-electron chi connectivity index (χ3n) is 4.27. The highest BCUT2D eigenvalue weighted by Crippen LogP contribution is 2.03. The van der Waals surface area contributed by atoms with E-state index in [0.29, 0.717) is 85.7 Å². The standard InChI is InChI=1S/C23H47NO8/c1-4-5-6-7-8-23(25)32-22-21-31-20-19-30-18-17-29-16-15-28-14-13-27-12-11-26-10-9-24(2)3/h4-22H2,1-3H3. The molecule has 0 radical (unpaired) electrons. The summed E-state index contributed by atoms with van der Waals surface area (Å²) in [5.41, 5.74) is 0. The van der Waals surface area contributed by atoms with Gasteiger partial charge in [0.2, 0.25) is 0 Å². The summed E-state index contributed by atoms with van der Waals surface area (Å²) in [7, 11) is 4.04. The second kappa shape index (κ2) is 26.4. The van der Waals surface area contributed by atoms with Crippen molar-refractivity contribution < 1.29 is 38.0 Å². The highest BCUT2D eigenvalue weighted by Gasteiger charge is 2.02. The summed E-state index contributed by atoms with van der Waals surface area (Å²) in [6.07, 6.45) is 4.81. The quantitative estimate of drug-likeness (QED) is 0.141. The van der Waals surface area contributed by atoms with Gasteiger partial charge in [-0.1, -0.05) is 26.2 Å². The van der Waals surface area contributed by atoms with Gasteiger partial charge in [-0.05, 0) is 20.5 Å². The molecule has 0 atom stereocenters. The van der Waals surface area contributed by atoms with Gasteiger partial charge in [-0.3, -0.25) is 4.79 Å². The molecule has 0 aliphatic carbocycles. The summed E-state index contributed by atoms with van der Waals surface area (Å²) >= 11 is 0. The first-order chi connectivity index (χ1) is 15.7. The number of hydrogen-bond donors (Lipinski definition) is 0. The molecule has 0 heterocycles. The van der Waals surface area contributed by atoms with Crippen molar-refractivity contribution in [3.63, 3.8) is 0 Å². The van der Waals surface area contributed by atoms with E-state index in [0.717, 1.165) is 32.4 Å². The number of nitrogens with zero attached hydrogens (tertiary/aromatic N) is 1. The molecule has 0 aromatic carbocycles. The maximum atomic E-state index is 11.5. The van der Waals surface area contributed by atoms with E-state index in [4.69, 9.17) is 33.2 Å². The minimum absolute atomic E-state index is 0.143. The third kappa shape index (κ3) is 27.2. The van der Waals surface area contributed by atoms with Crippen LogP contribution in [0.3, 0.4) is 0 Å². The largest absolute Gasteiger partial charge is 0.463 e. The van der Waals surface area contributed by atoms with Crippen molar-refractivity contribution in [3.05, 3.63) is 0 Å². The van der Waals surface area contributed by atoms with Crippen molar-refractivity contribution in [2.24, 2.45) is 0 Å². The molecular weight excluding hydrogens is 418 g/mol. The topological polar surface area (TPSA) is 84.9 Å². The summed E-state index contributed by atoms with van der Waals surface area (Å²) in [6, 6.07) is 0. The lowest BCUT2D eigenvalue weighted by molar-refractivity contribution is -0.145. The molecule has 0 saturated heterocycles. The minimum Gasteiger partial charge on any atom is -0.463 e. The SMILES string of the molecule is CCCCCCC(=O)OCCOCCOCCOCCOCCOCCOCCN(C)C. The van der Waals surface area contributed by atoms with Gasteiger partial charge in [-0.25, -0.2) is 0 Å². The Morgan fingerprint density at radius 1 is 0.562 bits per heavy atom. The third-order valence-corrected chi connectivity index (χ3v) is 4.27. The zero-order valence-electron chi connectivity index (χ0n) is 20.6. The van der Waals surface area contributed by atoms with Crippen LogP contribution in [0.4, 0.5) is 0 Å². The van der Waals surface area contributed by atoms with E-state index in [1.165, 1.54) is 6.42 Å². The summed E-state index contributed by atoms with van der Waals surface area (Å²) in [6.45, 7) is 9.79. The van der Waals surface area contributed by atoms with E-state index in [9.17, 15) is 4.79 Å². The van der Waals surface area contributed by atoms with E-state index in [-0.39, 0.29) is 5.97 Å². The molecule has 0 amide bonds. The second-order valence-corrected chi connectivity index (χ2v) is 7.51. The first kappa shape index (κ1) is 31.2. The highest BCUT2D eigenvalue weighted by atomic mass is 16.6. The predicted molar refractivity (Wildman–Crippen MR) is 123 cm³/mol. The number of ether oxygens (including phenoxy) is 7. The summed E-state index contributed by atoms with van der Waals surface area (Å²) < 4.78 is 37.6. The molecule has 0 N–H and O–H groups in total. The molecule has 0 spiro atoms. The van der Waals surface area contributed by atoms with Crippen LogP contribution in [-0.2, 0) is 38.0 Å². The molecular formula is C23H47NO8. The average Bonchev–Trinajstić information content (AvgIpc) is 2.77. The lowest BCUT2D eigenvalue weighted by Gasteiger charge is -2.10. The van der Waals surface area contributed by atoms with Gasteiger partial charge < -0.3 is 38.1 Å². The fraction of sp³-hybridized carbons (Fsp3) is 0.957. The first-order valence-electron chi connectivity index (χ1n) is 11.9. The molecule has 0 bridgehead atoms. The number of unbranched alkanes of at least 4 members (excludes halogenated alkanes) is 3. The van der Waals surface area contributed by atoms with Crippen molar-refractivity contribution in [2.45, 2.75) is 39.0 Å². The maximum Gasteiger partial charge on any atom is 0.305 e. The number of esters is 1.